The molecule has 2 aliphatic heterocycles. The molecule has 0 bridgehead atoms. The van der Waals surface area contributed by atoms with Gasteiger partial charge in [-0.2, -0.15) is 0 Å². The number of aliphatic hydroxyl groups excluding tert-OH is 1. The second-order valence-electron chi connectivity index (χ2n) is 8.68. The fourth-order valence-corrected chi connectivity index (χ4v) is 4.44. The van der Waals surface area contributed by atoms with E-state index in [4.69, 9.17) is 0 Å². The van der Waals surface area contributed by atoms with Crippen LogP contribution in [0.1, 0.15) is 24.0 Å². The van der Waals surface area contributed by atoms with Crippen molar-refractivity contribution in [2.45, 2.75) is 32.0 Å². The van der Waals surface area contributed by atoms with Gasteiger partial charge >= 0.3 is 0 Å². The highest BCUT2D eigenvalue weighted by Crippen LogP contribution is 2.17. The summed E-state index contributed by atoms with van der Waals surface area (Å²) < 4.78 is 13.2. The highest BCUT2D eigenvalue weighted by Gasteiger charge is 2.20. The van der Waals surface area contributed by atoms with Crippen molar-refractivity contribution in [2.75, 3.05) is 51.2 Å². The third-order valence-electron chi connectivity index (χ3n) is 6.42. The molecule has 0 radical (unpaired) electrons. The van der Waals surface area contributed by atoms with Crippen molar-refractivity contribution in [3.05, 3.63) is 65.5 Å². The van der Waals surface area contributed by atoms with Crippen molar-refractivity contribution in [3.63, 3.8) is 0 Å². The molecule has 0 saturated carbocycles. The molecule has 2 aromatic rings. The first-order valence-electron chi connectivity index (χ1n) is 11.5. The van der Waals surface area contributed by atoms with Crippen molar-refractivity contribution in [1.82, 2.24) is 15.1 Å². The molecule has 0 amide bonds. The summed E-state index contributed by atoms with van der Waals surface area (Å²) in [6.07, 6.45) is 1.62. The Kier molecular flexibility index (Phi) is 7.60. The Hall–Kier alpha value is -2.64. The number of aliphatic hydroxyl groups is 1. The maximum absolute atomic E-state index is 13.2. The highest BCUT2D eigenvalue weighted by atomic mass is 19.1. The van der Waals surface area contributed by atoms with Gasteiger partial charge in [-0.1, -0.05) is 24.3 Å². The number of nitrogens with one attached hydrogen (secondary N) is 1. The van der Waals surface area contributed by atoms with Gasteiger partial charge in [-0.25, -0.2) is 4.39 Å². The van der Waals surface area contributed by atoms with Crippen LogP contribution in [0.5, 0.6) is 0 Å². The Morgan fingerprint density at radius 3 is 2.19 bits per heavy atom. The van der Waals surface area contributed by atoms with Crippen molar-refractivity contribution in [3.8, 4) is 0 Å². The molecule has 0 aromatic heterocycles. The van der Waals surface area contributed by atoms with E-state index in [1.54, 1.807) is 0 Å². The molecular weight excluding hydrogens is 405 g/mol. The van der Waals surface area contributed by atoms with E-state index in [1.807, 2.05) is 19.2 Å². The minimum absolute atomic E-state index is 0.125. The smallest absolute Gasteiger partial charge is 0.194 e. The average Bonchev–Trinajstić information content (AvgIpc) is 2.83. The third-order valence-corrected chi connectivity index (χ3v) is 6.42. The fourth-order valence-electron chi connectivity index (χ4n) is 4.44. The lowest BCUT2D eigenvalue weighted by atomic mass is 10.1. The van der Waals surface area contributed by atoms with E-state index in [1.165, 1.54) is 23.3 Å². The van der Waals surface area contributed by atoms with Crippen LogP contribution in [-0.4, -0.2) is 73.3 Å². The van der Waals surface area contributed by atoms with E-state index >= 15 is 0 Å². The first-order valence-corrected chi connectivity index (χ1v) is 11.5. The van der Waals surface area contributed by atoms with Crippen LogP contribution in [0.25, 0.3) is 0 Å². The molecule has 6 nitrogen and oxygen atoms in total. The summed E-state index contributed by atoms with van der Waals surface area (Å²) in [5, 5.41) is 13.2. The van der Waals surface area contributed by atoms with Crippen LogP contribution in [0, 0.1) is 5.82 Å². The Balaban J connectivity index is 1.23. The van der Waals surface area contributed by atoms with Crippen molar-refractivity contribution >= 4 is 11.6 Å². The van der Waals surface area contributed by atoms with E-state index in [-0.39, 0.29) is 11.9 Å². The van der Waals surface area contributed by atoms with Gasteiger partial charge < -0.3 is 20.2 Å². The van der Waals surface area contributed by atoms with Gasteiger partial charge in [0.05, 0.1) is 6.10 Å². The zero-order chi connectivity index (χ0) is 22.3. The molecule has 2 fully saturated rings. The molecule has 0 atom stereocenters. The number of hydrogen-bond acceptors (Lipinski definition) is 4. The number of rotatable bonds is 5. The number of anilines is 1. The Morgan fingerprint density at radius 1 is 0.938 bits per heavy atom. The molecule has 2 heterocycles. The lowest BCUT2D eigenvalue weighted by Crippen LogP contribution is -2.52. The number of piperazine rings is 1. The highest BCUT2D eigenvalue weighted by molar-refractivity contribution is 5.80. The number of piperidine rings is 1. The predicted molar refractivity (Wildman–Crippen MR) is 127 cm³/mol. The summed E-state index contributed by atoms with van der Waals surface area (Å²) in [6.45, 7) is 7.13. The van der Waals surface area contributed by atoms with Crippen LogP contribution in [0.2, 0.25) is 0 Å². The molecule has 4 rings (SSSR count). The topological polar surface area (TPSA) is 54.3 Å². The third kappa shape index (κ3) is 5.99. The number of hydrogen-bond donors (Lipinski definition) is 2. The Bertz CT molecular complexity index is 870. The van der Waals surface area contributed by atoms with Crippen molar-refractivity contribution in [1.29, 1.82) is 0 Å². The average molecular weight is 440 g/mol. The van der Waals surface area contributed by atoms with Gasteiger partial charge in [-0.15, -0.1) is 0 Å². The number of likely N-dealkylation sites (tertiary alicyclic amines) is 1. The minimum Gasteiger partial charge on any atom is -0.393 e. The second kappa shape index (κ2) is 10.8. The predicted octanol–water partition coefficient (Wildman–Crippen LogP) is 2.68. The zero-order valence-corrected chi connectivity index (χ0v) is 18.9. The van der Waals surface area contributed by atoms with E-state index < -0.39 is 0 Å². The first kappa shape index (κ1) is 22.6. The van der Waals surface area contributed by atoms with Gasteiger partial charge in [0.2, 0.25) is 0 Å². The summed E-state index contributed by atoms with van der Waals surface area (Å²) in [7, 11) is 1.83. The zero-order valence-electron chi connectivity index (χ0n) is 18.9. The van der Waals surface area contributed by atoms with Gasteiger partial charge in [-0.05, 0) is 48.2 Å². The number of nitrogens with zero attached hydrogens (tertiary/aromatic N) is 4. The number of halogens is 1. The van der Waals surface area contributed by atoms with Crippen LogP contribution >= 0.6 is 0 Å². The molecule has 2 aromatic carbocycles. The summed E-state index contributed by atoms with van der Waals surface area (Å²) >= 11 is 0. The summed E-state index contributed by atoms with van der Waals surface area (Å²) in [4.78, 5) is 11.4. The minimum atomic E-state index is -0.198. The monoisotopic (exact) mass is 439 g/mol. The molecule has 0 aliphatic carbocycles. The van der Waals surface area contributed by atoms with Crippen LogP contribution in [0.15, 0.2) is 53.5 Å². The lowest BCUT2D eigenvalue weighted by molar-refractivity contribution is 0.0792. The quantitative estimate of drug-likeness (QED) is 0.554. The lowest BCUT2D eigenvalue weighted by Gasteiger charge is -2.37. The first-order chi connectivity index (χ1) is 15.6. The molecule has 172 valence electrons. The fraction of sp³-hybridized carbons (Fsp3) is 0.480. The molecule has 0 spiro atoms. The summed E-state index contributed by atoms with van der Waals surface area (Å²) in [5.41, 5.74) is 3.61. The molecule has 0 unspecified atom stereocenters. The standard InChI is InChI=1S/C25H34FN5O/c1-27-25(31-16-14-30(15-17-31)23-8-6-22(26)7-9-23)28-18-20-2-4-21(5-3-20)19-29-12-10-24(32)11-13-29/h2-9,24,32H,10-19H2,1H3,(H,27,28). The van der Waals surface area contributed by atoms with E-state index in [0.717, 1.165) is 76.8 Å². The SMILES string of the molecule is CN=C(NCc1ccc(CN2CCC(O)CC2)cc1)N1CCN(c2ccc(F)cc2)CC1. The normalized spacial score (nSPS) is 18.8. The number of guanidine groups is 1. The Morgan fingerprint density at radius 2 is 1.56 bits per heavy atom. The van der Waals surface area contributed by atoms with Crippen molar-refractivity contribution in [2.24, 2.45) is 4.99 Å². The maximum atomic E-state index is 13.2. The molecule has 2 N–H and O–H groups in total. The van der Waals surface area contributed by atoms with Crippen LogP contribution in [-0.2, 0) is 13.1 Å². The largest absolute Gasteiger partial charge is 0.393 e. The number of benzene rings is 2. The van der Waals surface area contributed by atoms with Gasteiger partial charge in [0.15, 0.2) is 5.96 Å². The van der Waals surface area contributed by atoms with Crippen LogP contribution < -0.4 is 10.2 Å². The van der Waals surface area contributed by atoms with Gasteiger partial charge in [0.25, 0.3) is 0 Å². The van der Waals surface area contributed by atoms with E-state index in [0.29, 0.717) is 0 Å². The molecule has 32 heavy (non-hydrogen) atoms. The van der Waals surface area contributed by atoms with E-state index in [2.05, 4.69) is 49.3 Å². The van der Waals surface area contributed by atoms with Gasteiger partial charge in [-0.3, -0.25) is 9.89 Å². The maximum Gasteiger partial charge on any atom is 0.194 e. The molecule has 2 saturated heterocycles. The molecule has 2 aliphatic rings. The molecule has 7 heteroatoms. The second-order valence-corrected chi connectivity index (χ2v) is 8.68. The summed E-state index contributed by atoms with van der Waals surface area (Å²) in [5.74, 6) is 0.719. The van der Waals surface area contributed by atoms with Gasteiger partial charge in [0.1, 0.15) is 5.82 Å². The number of aliphatic imine (C=N–C) groups is 1. The van der Waals surface area contributed by atoms with Crippen molar-refractivity contribution < 1.29 is 9.50 Å². The van der Waals surface area contributed by atoms with Gasteiger partial charge in [0, 0.05) is 65.1 Å². The van der Waals surface area contributed by atoms with Crippen LogP contribution in [0.3, 0.4) is 0 Å². The van der Waals surface area contributed by atoms with Crippen LogP contribution in [0.4, 0.5) is 10.1 Å². The summed E-state index contributed by atoms with van der Waals surface area (Å²) in [6, 6.07) is 15.5. The molecular formula is C25H34FN5O. The van der Waals surface area contributed by atoms with E-state index in [9.17, 15) is 9.50 Å². The Labute approximate surface area is 190 Å².